The largest absolute Gasteiger partial charge is 0.456 e. The van der Waals surface area contributed by atoms with Gasteiger partial charge in [-0.2, -0.15) is 0 Å². The SMILES string of the molecule is c1ccc2cc(-c3ccc(-c4ccc(N(c5ccc(-c6ccc7ccc8ccccc8c7c6)cc5)c5ccc(-c6cccc7oc8ccccc8c67)cc5)cc4)cc3)ccc2c1. The Labute approximate surface area is 360 Å². The number of nitrogens with zero attached hydrogens (tertiary/aromatic N) is 1. The van der Waals surface area contributed by atoms with Crippen LogP contribution in [0.2, 0.25) is 0 Å². The predicted molar refractivity (Wildman–Crippen MR) is 263 cm³/mol. The molecular formula is C60H39NO. The number of rotatable bonds is 7. The quantitative estimate of drug-likeness (QED) is 0.150. The first-order valence-electron chi connectivity index (χ1n) is 21.2. The molecule has 0 saturated carbocycles. The Morgan fingerprint density at radius 1 is 0.258 bits per heavy atom. The third kappa shape index (κ3) is 6.29. The van der Waals surface area contributed by atoms with Crippen LogP contribution in [-0.4, -0.2) is 0 Å². The molecule has 0 atom stereocenters. The van der Waals surface area contributed by atoms with Crippen molar-refractivity contribution in [3.8, 4) is 44.5 Å². The van der Waals surface area contributed by atoms with E-state index in [9.17, 15) is 0 Å². The van der Waals surface area contributed by atoms with Gasteiger partial charge in [-0.1, -0.05) is 176 Å². The van der Waals surface area contributed by atoms with Gasteiger partial charge in [-0.25, -0.2) is 0 Å². The van der Waals surface area contributed by atoms with Crippen molar-refractivity contribution in [2.75, 3.05) is 4.90 Å². The highest BCUT2D eigenvalue weighted by molar-refractivity contribution is 6.12. The number of furan rings is 1. The zero-order valence-corrected chi connectivity index (χ0v) is 33.9. The summed E-state index contributed by atoms with van der Waals surface area (Å²) in [6.07, 6.45) is 0. The van der Waals surface area contributed by atoms with E-state index in [2.05, 4.69) is 229 Å². The van der Waals surface area contributed by atoms with Gasteiger partial charge in [0.05, 0.1) is 0 Å². The first kappa shape index (κ1) is 35.7. The first-order chi connectivity index (χ1) is 30.7. The summed E-state index contributed by atoms with van der Waals surface area (Å²) in [5.41, 5.74) is 14.5. The normalized spacial score (nSPS) is 11.5. The van der Waals surface area contributed by atoms with Gasteiger partial charge in [-0.15, -0.1) is 0 Å². The van der Waals surface area contributed by atoms with Crippen molar-refractivity contribution >= 4 is 71.3 Å². The third-order valence-corrected chi connectivity index (χ3v) is 12.5. The molecule has 0 spiro atoms. The van der Waals surface area contributed by atoms with Crippen molar-refractivity contribution in [1.82, 2.24) is 0 Å². The molecule has 0 saturated heterocycles. The Hall–Kier alpha value is -8.20. The summed E-state index contributed by atoms with van der Waals surface area (Å²) in [5, 5.41) is 9.85. The van der Waals surface area contributed by atoms with Gasteiger partial charge in [-0.3, -0.25) is 0 Å². The zero-order chi connectivity index (χ0) is 41.0. The van der Waals surface area contributed by atoms with Gasteiger partial charge in [0.25, 0.3) is 0 Å². The van der Waals surface area contributed by atoms with E-state index in [0.717, 1.165) is 50.1 Å². The molecule has 12 aromatic rings. The fourth-order valence-corrected chi connectivity index (χ4v) is 9.26. The van der Waals surface area contributed by atoms with Crippen LogP contribution >= 0.6 is 0 Å². The van der Waals surface area contributed by atoms with Crippen LogP contribution in [0.4, 0.5) is 17.1 Å². The molecular weight excluding hydrogens is 751 g/mol. The minimum atomic E-state index is 0.900. The fourth-order valence-electron chi connectivity index (χ4n) is 9.26. The second-order valence-corrected chi connectivity index (χ2v) is 16.1. The van der Waals surface area contributed by atoms with Crippen molar-refractivity contribution in [3.63, 3.8) is 0 Å². The van der Waals surface area contributed by atoms with Crippen molar-refractivity contribution < 1.29 is 4.42 Å². The maximum Gasteiger partial charge on any atom is 0.136 e. The van der Waals surface area contributed by atoms with Gasteiger partial charge in [0.15, 0.2) is 0 Å². The lowest BCUT2D eigenvalue weighted by Gasteiger charge is -2.26. The number of benzene rings is 11. The summed E-state index contributed by atoms with van der Waals surface area (Å²) in [5.74, 6) is 0. The summed E-state index contributed by atoms with van der Waals surface area (Å²) < 4.78 is 6.25. The molecule has 1 aromatic heterocycles. The molecule has 2 heteroatoms. The molecule has 11 aromatic carbocycles. The molecule has 0 aliphatic rings. The van der Waals surface area contributed by atoms with Crippen molar-refractivity contribution in [2.24, 2.45) is 0 Å². The fraction of sp³-hybridized carbons (Fsp3) is 0. The van der Waals surface area contributed by atoms with Crippen LogP contribution in [-0.2, 0) is 0 Å². The molecule has 0 aliphatic heterocycles. The number of para-hydroxylation sites is 1. The second kappa shape index (κ2) is 14.8. The van der Waals surface area contributed by atoms with Gasteiger partial charge in [-0.05, 0) is 137 Å². The van der Waals surface area contributed by atoms with E-state index >= 15 is 0 Å². The summed E-state index contributed by atoms with van der Waals surface area (Å²) in [7, 11) is 0. The predicted octanol–water partition coefficient (Wildman–Crippen LogP) is 17.2. The van der Waals surface area contributed by atoms with Gasteiger partial charge in [0.1, 0.15) is 11.2 Å². The maximum atomic E-state index is 6.25. The van der Waals surface area contributed by atoms with Crippen LogP contribution in [0, 0.1) is 0 Å². The van der Waals surface area contributed by atoms with Crippen LogP contribution in [0.15, 0.2) is 241 Å². The minimum absolute atomic E-state index is 0.900. The molecule has 0 amide bonds. The van der Waals surface area contributed by atoms with E-state index in [-0.39, 0.29) is 0 Å². The van der Waals surface area contributed by atoms with Crippen molar-refractivity contribution in [3.05, 3.63) is 237 Å². The zero-order valence-electron chi connectivity index (χ0n) is 33.9. The highest BCUT2D eigenvalue weighted by Gasteiger charge is 2.16. The van der Waals surface area contributed by atoms with Gasteiger partial charge in [0, 0.05) is 27.8 Å². The van der Waals surface area contributed by atoms with Crippen molar-refractivity contribution in [1.29, 1.82) is 0 Å². The molecule has 0 unspecified atom stereocenters. The Bertz CT molecular complexity index is 3600. The topological polar surface area (TPSA) is 16.4 Å². The molecule has 1 heterocycles. The van der Waals surface area contributed by atoms with Crippen molar-refractivity contribution in [2.45, 2.75) is 0 Å². The standard InChI is InChI=1S/C60H39NO/c1-2-10-48-38-49(24-20-40(48)8-1)43-18-16-41(17-19-43)42-26-32-51(33-27-42)61(53-36-30-46(31-37-53)55-13-7-15-59-60(55)56-12-5-6-14-58(56)62-59)52-34-28-44(29-35-52)50-25-23-47-22-21-45-9-3-4-11-54(45)57(47)39-50/h1-39H. The van der Waals surface area contributed by atoms with E-state index in [1.807, 2.05) is 12.1 Å². The molecule has 0 aliphatic carbocycles. The van der Waals surface area contributed by atoms with Crippen LogP contribution < -0.4 is 4.90 Å². The minimum Gasteiger partial charge on any atom is -0.456 e. The van der Waals surface area contributed by atoms with Crippen LogP contribution in [0.1, 0.15) is 0 Å². The van der Waals surface area contributed by atoms with E-state index < -0.39 is 0 Å². The van der Waals surface area contributed by atoms with Gasteiger partial charge >= 0.3 is 0 Å². The van der Waals surface area contributed by atoms with E-state index in [4.69, 9.17) is 4.42 Å². The molecule has 0 bridgehead atoms. The van der Waals surface area contributed by atoms with E-state index in [1.54, 1.807) is 0 Å². The molecule has 2 nitrogen and oxygen atoms in total. The molecule has 0 N–H and O–H groups in total. The summed E-state index contributed by atoms with van der Waals surface area (Å²) in [6, 6.07) is 85.5. The van der Waals surface area contributed by atoms with Gasteiger partial charge in [0.2, 0.25) is 0 Å². The van der Waals surface area contributed by atoms with Gasteiger partial charge < -0.3 is 9.32 Å². The number of fused-ring (bicyclic) bond motifs is 7. The average molecular weight is 790 g/mol. The molecule has 12 rings (SSSR count). The highest BCUT2D eigenvalue weighted by atomic mass is 16.3. The van der Waals surface area contributed by atoms with E-state index in [1.165, 1.54) is 65.7 Å². The van der Waals surface area contributed by atoms with Crippen LogP contribution in [0.25, 0.3) is 98.8 Å². The Morgan fingerprint density at radius 2 is 0.694 bits per heavy atom. The molecule has 290 valence electrons. The maximum absolute atomic E-state index is 6.25. The number of hydrogen-bond acceptors (Lipinski definition) is 2. The Kier molecular flexibility index (Phi) is 8.53. The highest BCUT2D eigenvalue weighted by Crippen LogP contribution is 2.41. The summed E-state index contributed by atoms with van der Waals surface area (Å²) >= 11 is 0. The van der Waals surface area contributed by atoms with E-state index in [0.29, 0.717) is 0 Å². The Balaban J connectivity index is 0.903. The molecule has 0 fully saturated rings. The second-order valence-electron chi connectivity index (χ2n) is 16.1. The number of anilines is 3. The smallest absolute Gasteiger partial charge is 0.136 e. The number of hydrogen-bond donors (Lipinski definition) is 0. The Morgan fingerprint density at radius 3 is 1.35 bits per heavy atom. The molecule has 62 heavy (non-hydrogen) atoms. The lowest BCUT2D eigenvalue weighted by molar-refractivity contribution is 0.669. The third-order valence-electron chi connectivity index (χ3n) is 12.5. The summed E-state index contributed by atoms with van der Waals surface area (Å²) in [6.45, 7) is 0. The summed E-state index contributed by atoms with van der Waals surface area (Å²) in [4.78, 5) is 2.35. The van der Waals surface area contributed by atoms with Crippen LogP contribution in [0.3, 0.4) is 0 Å². The first-order valence-corrected chi connectivity index (χ1v) is 21.2. The average Bonchev–Trinajstić information content (AvgIpc) is 3.74. The lowest BCUT2D eigenvalue weighted by Crippen LogP contribution is -2.09. The monoisotopic (exact) mass is 789 g/mol. The molecule has 0 radical (unpaired) electrons. The van der Waals surface area contributed by atoms with Crippen LogP contribution in [0.5, 0.6) is 0 Å². The lowest BCUT2D eigenvalue weighted by atomic mass is 9.97.